The number of fused-ring (bicyclic) bond motifs is 6. The first-order chi connectivity index (χ1) is 48.5. The molecule has 3 spiro atoms. The van der Waals surface area contributed by atoms with Gasteiger partial charge in [-0.1, -0.05) is 0 Å². The molecule has 7 aliphatic rings. The zero-order valence-electron chi connectivity index (χ0n) is 58.7. The van der Waals surface area contributed by atoms with Crippen molar-refractivity contribution >= 4 is 90.1 Å². The Morgan fingerprint density at radius 1 is 0.490 bits per heavy atom. The number of hydrogen-bond donors (Lipinski definition) is 8. The number of ether oxygens (including phenoxy) is 3. The van der Waals surface area contributed by atoms with Crippen LogP contribution in [0.4, 0.5) is 28.8 Å². The molecule has 0 atom stereocenters. The Kier molecular flexibility index (Phi) is 24.3. The highest BCUT2D eigenvalue weighted by Gasteiger charge is 2.49. The molecular formula is C67H85Br2N21O12. The Hall–Kier alpha value is -9.81. The van der Waals surface area contributed by atoms with Crippen LogP contribution in [0.15, 0.2) is 90.0 Å². The van der Waals surface area contributed by atoms with E-state index < -0.39 is 22.9 Å². The Labute approximate surface area is 603 Å². The van der Waals surface area contributed by atoms with E-state index in [0.29, 0.717) is 109 Å². The first-order valence-corrected chi connectivity index (χ1v) is 34.3. The van der Waals surface area contributed by atoms with E-state index in [4.69, 9.17) is 25.7 Å². The molecule has 7 aromatic heterocycles. The maximum atomic E-state index is 13.3. The summed E-state index contributed by atoms with van der Waals surface area (Å²) in [6.07, 6.45) is 14.5. The van der Waals surface area contributed by atoms with Crippen molar-refractivity contribution < 1.29 is 38.2 Å². The van der Waals surface area contributed by atoms with Crippen LogP contribution < -0.4 is 74.5 Å². The molecule has 7 aliphatic heterocycles. The number of halogens is 2. The molecule has 0 aromatic carbocycles. The SMILES string of the molecule is CN1CCC(=O)CC1.COc1cncnc1N.COc1cncnc1Nc1cc(C)c2n(c1=O)C1(CCN(C)CC1)NC2=O.COc1cncnc1Nc1cc(C)c2n(c1=O)C1(CCN(C)CC1)NC2=O.Cc1cc(Br)c(=O)[nH]c1C(N)=O.Cc1cc(Br)c(=O)n2c1C(=O)NC21CCN(C)CC1. The van der Waals surface area contributed by atoms with Crippen LogP contribution in [0.2, 0.25) is 0 Å². The number of Topliss-reactive ketones (excluding diaryl/α,β-unsaturated/α-hetero) is 1. The van der Waals surface area contributed by atoms with Gasteiger partial charge in [0.05, 0.1) is 48.9 Å². The molecule has 4 saturated heterocycles. The van der Waals surface area contributed by atoms with E-state index in [2.05, 4.69) is 120 Å². The third-order valence-electron chi connectivity index (χ3n) is 18.8. The molecular weight excluding hydrogens is 1450 g/mol. The fraction of sp³-hybridized carbons (Fsp3) is 0.448. The minimum absolute atomic E-state index is 0.122. The quantitative estimate of drug-likeness (QED) is 0.108. The lowest BCUT2D eigenvalue weighted by atomic mass is 9.97. The number of carbonyl (C=O) groups excluding carboxylic acids is 5. The molecule has 0 radical (unpaired) electrons. The maximum Gasteiger partial charge on any atom is 0.276 e. The van der Waals surface area contributed by atoms with Crippen molar-refractivity contribution in [3.8, 4) is 17.2 Å². The summed E-state index contributed by atoms with van der Waals surface area (Å²) in [4.78, 5) is 144. The minimum Gasteiger partial charge on any atom is -0.491 e. The van der Waals surface area contributed by atoms with Crippen LogP contribution in [0.1, 0.15) is 116 Å². The van der Waals surface area contributed by atoms with E-state index in [1.54, 1.807) is 44.9 Å². The zero-order chi connectivity index (χ0) is 74.1. The summed E-state index contributed by atoms with van der Waals surface area (Å²) in [5, 5.41) is 15.3. The van der Waals surface area contributed by atoms with Crippen molar-refractivity contribution in [3.05, 3.63) is 157 Å². The lowest BCUT2D eigenvalue weighted by Crippen LogP contribution is -2.53. The molecule has 4 amide bonds. The minimum atomic E-state index is -0.672. The van der Waals surface area contributed by atoms with E-state index in [1.165, 1.54) is 58.9 Å². The number of likely N-dealkylation sites (tertiary alicyclic amines) is 4. The van der Waals surface area contributed by atoms with Gasteiger partial charge >= 0.3 is 0 Å². The second-order valence-corrected chi connectivity index (χ2v) is 27.5. The Morgan fingerprint density at radius 2 is 0.833 bits per heavy atom. The van der Waals surface area contributed by atoms with E-state index in [1.807, 2.05) is 41.9 Å². The Morgan fingerprint density at radius 3 is 1.19 bits per heavy atom. The number of nitrogens with zero attached hydrogens (tertiary/aromatic N) is 13. The number of pyridine rings is 4. The van der Waals surface area contributed by atoms with Gasteiger partial charge < -0.3 is 76.8 Å². The van der Waals surface area contributed by atoms with Crippen molar-refractivity contribution in [2.75, 3.05) is 118 Å². The second-order valence-electron chi connectivity index (χ2n) is 25.8. The number of rotatable bonds is 8. The van der Waals surface area contributed by atoms with Crippen LogP contribution in [0.3, 0.4) is 0 Å². The third-order valence-corrected chi connectivity index (χ3v) is 19.9. The number of anilines is 5. The van der Waals surface area contributed by atoms with Gasteiger partial charge in [0.25, 0.3) is 45.9 Å². The average molecular weight is 1540 g/mol. The highest BCUT2D eigenvalue weighted by atomic mass is 79.9. The fourth-order valence-corrected chi connectivity index (χ4v) is 14.0. The molecule has 35 heteroatoms. The predicted molar refractivity (Wildman–Crippen MR) is 387 cm³/mol. The number of nitrogens with one attached hydrogen (secondary N) is 6. The molecule has 0 bridgehead atoms. The number of ketones is 1. The number of aromatic amines is 1. The molecule has 33 nitrogen and oxygen atoms in total. The van der Waals surface area contributed by atoms with Crippen molar-refractivity contribution in [2.24, 2.45) is 5.73 Å². The number of primary amides is 1. The van der Waals surface area contributed by atoms with E-state index >= 15 is 0 Å². The highest BCUT2D eigenvalue weighted by Crippen LogP contribution is 2.38. The summed E-state index contributed by atoms with van der Waals surface area (Å²) in [6.45, 7) is 14.1. The Bertz CT molecular complexity index is 4410. The van der Waals surface area contributed by atoms with Crippen LogP contribution in [-0.4, -0.2) is 199 Å². The number of aromatic nitrogens is 10. The number of hydrogen-bond acceptors (Lipinski definition) is 25. The summed E-state index contributed by atoms with van der Waals surface area (Å²) in [5.74, 6) is 1.82. The van der Waals surface area contributed by atoms with Crippen LogP contribution >= 0.6 is 31.9 Å². The molecule has 14 heterocycles. The lowest BCUT2D eigenvalue weighted by Gasteiger charge is -2.39. The van der Waals surface area contributed by atoms with Crippen LogP contribution in [-0.2, 0) is 21.8 Å². The van der Waals surface area contributed by atoms with Crippen LogP contribution in [0.25, 0.3) is 0 Å². The zero-order valence-corrected chi connectivity index (χ0v) is 61.9. The molecule has 4 fully saturated rings. The molecule has 544 valence electrons. The largest absolute Gasteiger partial charge is 0.491 e. The van der Waals surface area contributed by atoms with Gasteiger partial charge in [0.15, 0.2) is 34.7 Å². The van der Waals surface area contributed by atoms with E-state index in [9.17, 15) is 43.2 Å². The van der Waals surface area contributed by atoms with Gasteiger partial charge in [0.2, 0.25) is 0 Å². The van der Waals surface area contributed by atoms with E-state index in [-0.39, 0.29) is 45.7 Å². The number of carbonyl (C=O) groups is 5. The van der Waals surface area contributed by atoms with Gasteiger partial charge in [-0.05, 0) is 134 Å². The van der Waals surface area contributed by atoms with Gasteiger partial charge in [0, 0.05) is 104 Å². The number of nitrogen functional groups attached to an aromatic ring is 1. The summed E-state index contributed by atoms with van der Waals surface area (Å²) in [6, 6.07) is 6.65. The van der Waals surface area contributed by atoms with E-state index in [0.717, 1.165) is 94.7 Å². The molecule has 0 saturated carbocycles. The first-order valence-electron chi connectivity index (χ1n) is 32.7. The monoisotopic (exact) mass is 1530 g/mol. The normalized spacial score (nSPS) is 17.5. The van der Waals surface area contributed by atoms with Gasteiger partial charge in [-0.2, -0.15) is 0 Å². The van der Waals surface area contributed by atoms with Gasteiger partial charge in [-0.3, -0.25) is 56.9 Å². The summed E-state index contributed by atoms with van der Waals surface area (Å²) in [7, 11) is 12.7. The van der Waals surface area contributed by atoms with Gasteiger partial charge in [-0.25, -0.2) is 29.9 Å². The second kappa shape index (κ2) is 32.5. The van der Waals surface area contributed by atoms with Crippen molar-refractivity contribution in [2.45, 2.75) is 96.1 Å². The Balaban J connectivity index is 0.000000151. The van der Waals surface area contributed by atoms with Gasteiger partial charge in [-0.15, -0.1) is 0 Å². The molecule has 10 N–H and O–H groups in total. The van der Waals surface area contributed by atoms with Crippen molar-refractivity contribution in [1.29, 1.82) is 0 Å². The lowest BCUT2D eigenvalue weighted by molar-refractivity contribution is -0.121. The summed E-state index contributed by atoms with van der Waals surface area (Å²) in [5.41, 5.74) is 12.7. The number of nitrogens with two attached hydrogens (primary N) is 2. The van der Waals surface area contributed by atoms with Crippen molar-refractivity contribution in [1.82, 2.24) is 84.1 Å². The van der Waals surface area contributed by atoms with Gasteiger partial charge in [0.1, 0.15) is 75.9 Å². The number of piperidine rings is 4. The number of methoxy groups -OCH3 is 3. The summed E-state index contributed by atoms with van der Waals surface area (Å²) >= 11 is 6.33. The number of amides is 4. The number of aryl methyl sites for hydroxylation is 4. The van der Waals surface area contributed by atoms with Crippen LogP contribution in [0.5, 0.6) is 17.2 Å². The molecule has 0 aliphatic carbocycles. The molecule has 14 rings (SSSR count). The standard InChI is InChI=1S/2C18H22N6O3.C13H16BrN3O2.C7H7BrN2O2.C6H11NO.C5H7N3O/c2*1-11-8-12(21-15-13(27-3)9-19-10-20-15)17(26)24-14(11)16(25)22-18(24)4-6-23(2)7-5-18;1-8-7-9(14)12(19)17-10(8)11(18)15-13(17)3-5-16(2)6-4-13;1-3-2-4(8)7(12)10-5(3)6(9)11;1-7-4-2-6(8)3-5-7;1-9-4-2-7-3-8-5(4)6/h2*8-10H,4-7H2,1-3H3,(H,22,25)(H,19,20,21);7H,3-6H2,1-2H3,(H,15,18);2H,1H3,(H2,9,11)(H,10,12);2-5H2,1H3;2-3H,1H3,(H2,6,7,8). The molecule has 102 heavy (non-hydrogen) atoms. The van der Waals surface area contributed by atoms with Crippen LogP contribution in [0, 0.1) is 27.7 Å². The van der Waals surface area contributed by atoms with Crippen molar-refractivity contribution in [3.63, 3.8) is 0 Å². The third kappa shape index (κ3) is 16.6. The fourth-order valence-electron chi connectivity index (χ4n) is 13.0. The molecule has 7 aromatic rings. The number of H-pyrrole nitrogens is 1. The topological polar surface area (TPSA) is 414 Å². The maximum absolute atomic E-state index is 13.3. The highest BCUT2D eigenvalue weighted by molar-refractivity contribution is 9.10. The molecule has 0 unspecified atom stereocenters. The average Bonchev–Trinajstić information content (AvgIpc) is 1.58. The smallest absolute Gasteiger partial charge is 0.276 e. The summed E-state index contributed by atoms with van der Waals surface area (Å²) < 4.78 is 21.1. The predicted octanol–water partition coefficient (Wildman–Crippen LogP) is 3.58. The first kappa shape index (κ1) is 76.4.